The van der Waals surface area contributed by atoms with Gasteiger partial charge >= 0.3 is 0 Å². The molecule has 2 rings (SSSR count). The van der Waals surface area contributed by atoms with Gasteiger partial charge in [-0.15, -0.1) is 0 Å². The summed E-state index contributed by atoms with van der Waals surface area (Å²) in [5, 5.41) is 13.3. The largest absolute Gasteiger partial charge is 0.466 e. The molecule has 1 aromatic heterocycles. The highest BCUT2D eigenvalue weighted by molar-refractivity contribution is 5.23. The lowest BCUT2D eigenvalue weighted by molar-refractivity contribution is 0.130. The molecule has 0 amide bonds. The molecule has 3 atom stereocenters. The van der Waals surface area contributed by atoms with Crippen LogP contribution in [0.1, 0.15) is 49.3 Å². The first-order valence-corrected chi connectivity index (χ1v) is 6.56. The predicted octanol–water partition coefficient (Wildman–Crippen LogP) is 2.71. The van der Waals surface area contributed by atoms with Crippen molar-refractivity contribution in [1.29, 1.82) is 0 Å². The molecule has 3 unspecified atom stereocenters. The van der Waals surface area contributed by atoms with Crippen LogP contribution in [0.4, 0.5) is 0 Å². The Morgan fingerprint density at radius 1 is 1.47 bits per heavy atom. The van der Waals surface area contributed by atoms with Crippen LogP contribution in [0.5, 0.6) is 0 Å². The summed E-state index contributed by atoms with van der Waals surface area (Å²) in [5.41, 5.74) is 1.23. The fourth-order valence-corrected chi connectivity index (χ4v) is 2.77. The van der Waals surface area contributed by atoms with Crippen molar-refractivity contribution in [3.63, 3.8) is 0 Å². The van der Waals surface area contributed by atoms with Crippen molar-refractivity contribution >= 4 is 0 Å². The van der Waals surface area contributed by atoms with Crippen molar-refractivity contribution in [2.24, 2.45) is 5.92 Å². The Morgan fingerprint density at radius 2 is 2.24 bits per heavy atom. The van der Waals surface area contributed by atoms with Crippen molar-refractivity contribution in [2.45, 2.75) is 52.2 Å². The molecular weight excluding hydrogens is 214 g/mol. The summed E-state index contributed by atoms with van der Waals surface area (Å²) in [5.74, 6) is 2.38. The average Bonchev–Trinajstić information content (AvgIpc) is 2.81. The summed E-state index contributed by atoms with van der Waals surface area (Å²) in [4.78, 5) is 0. The lowest BCUT2D eigenvalue weighted by Crippen LogP contribution is -2.29. The molecule has 96 valence electrons. The summed E-state index contributed by atoms with van der Waals surface area (Å²) in [6.45, 7) is 7.03. The molecule has 1 saturated carbocycles. The van der Waals surface area contributed by atoms with Gasteiger partial charge in [-0.1, -0.05) is 6.42 Å². The van der Waals surface area contributed by atoms with Gasteiger partial charge in [0.15, 0.2) is 0 Å². The van der Waals surface area contributed by atoms with E-state index in [1.165, 1.54) is 5.56 Å². The van der Waals surface area contributed by atoms with Crippen LogP contribution in [-0.2, 0) is 0 Å². The fraction of sp³-hybridized carbons (Fsp3) is 0.714. The first-order chi connectivity index (χ1) is 8.08. The zero-order valence-corrected chi connectivity index (χ0v) is 11.0. The van der Waals surface area contributed by atoms with Crippen LogP contribution in [0.2, 0.25) is 0 Å². The lowest BCUT2D eigenvalue weighted by atomic mass is 10.0. The smallest absolute Gasteiger partial charge is 0.105 e. The van der Waals surface area contributed by atoms with Crippen LogP contribution in [-0.4, -0.2) is 17.8 Å². The summed E-state index contributed by atoms with van der Waals surface area (Å²) in [6.07, 6.45) is 3.16. The Labute approximate surface area is 103 Å². The van der Waals surface area contributed by atoms with Gasteiger partial charge in [-0.2, -0.15) is 0 Å². The number of aliphatic hydroxyl groups is 1. The molecular formula is C14H23NO2. The van der Waals surface area contributed by atoms with Crippen molar-refractivity contribution in [1.82, 2.24) is 5.32 Å². The van der Waals surface area contributed by atoms with Crippen molar-refractivity contribution in [2.75, 3.05) is 6.54 Å². The van der Waals surface area contributed by atoms with Gasteiger partial charge in [-0.05, 0) is 45.6 Å². The van der Waals surface area contributed by atoms with Gasteiger partial charge in [-0.25, -0.2) is 0 Å². The standard InChI is InChI=1S/C14H23NO2/c1-9-7-13(11(3)17-9)10(2)15-8-12-5-4-6-14(12)16/h7,10,12,14-16H,4-6,8H2,1-3H3. The quantitative estimate of drug-likeness (QED) is 0.846. The molecule has 3 nitrogen and oxygen atoms in total. The number of hydrogen-bond donors (Lipinski definition) is 2. The molecule has 0 aliphatic heterocycles. The van der Waals surface area contributed by atoms with Crippen LogP contribution in [0, 0.1) is 19.8 Å². The summed E-state index contributed by atoms with van der Waals surface area (Å²) in [7, 11) is 0. The minimum Gasteiger partial charge on any atom is -0.466 e. The van der Waals surface area contributed by atoms with E-state index in [0.717, 1.165) is 37.3 Å². The van der Waals surface area contributed by atoms with Crippen LogP contribution in [0.15, 0.2) is 10.5 Å². The molecule has 1 aliphatic carbocycles. The maximum absolute atomic E-state index is 9.77. The van der Waals surface area contributed by atoms with E-state index in [0.29, 0.717) is 12.0 Å². The maximum Gasteiger partial charge on any atom is 0.105 e. The molecule has 0 saturated heterocycles. The average molecular weight is 237 g/mol. The van der Waals surface area contributed by atoms with E-state index >= 15 is 0 Å². The van der Waals surface area contributed by atoms with E-state index in [2.05, 4.69) is 18.3 Å². The number of nitrogens with one attached hydrogen (secondary N) is 1. The predicted molar refractivity (Wildman–Crippen MR) is 67.9 cm³/mol. The highest BCUT2D eigenvalue weighted by Crippen LogP contribution is 2.26. The van der Waals surface area contributed by atoms with Gasteiger partial charge in [0, 0.05) is 18.2 Å². The van der Waals surface area contributed by atoms with Gasteiger partial charge in [-0.3, -0.25) is 0 Å². The van der Waals surface area contributed by atoms with Gasteiger partial charge < -0.3 is 14.8 Å². The topological polar surface area (TPSA) is 45.4 Å². The third-order valence-corrected chi connectivity index (χ3v) is 3.85. The molecule has 1 aliphatic rings. The fourth-order valence-electron chi connectivity index (χ4n) is 2.77. The molecule has 17 heavy (non-hydrogen) atoms. The van der Waals surface area contributed by atoms with Crippen LogP contribution < -0.4 is 5.32 Å². The van der Waals surface area contributed by atoms with E-state index in [-0.39, 0.29) is 6.10 Å². The first-order valence-electron chi connectivity index (χ1n) is 6.56. The summed E-state index contributed by atoms with van der Waals surface area (Å²) >= 11 is 0. The summed E-state index contributed by atoms with van der Waals surface area (Å²) in [6, 6.07) is 2.39. The number of furan rings is 1. The Bertz CT molecular complexity index is 372. The minimum atomic E-state index is -0.109. The van der Waals surface area contributed by atoms with Gasteiger partial charge in [0.2, 0.25) is 0 Å². The third kappa shape index (κ3) is 2.90. The molecule has 1 fully saturated rings. The van der Waals surface area contributed by atoms with Crippen LogP contribution in [0.25, 0.3) is 0 Å². The second-order valence-corrected chi connectivity index (χ2v) is 5.26. The number of hydrogen-bond acceptors (Lipinski definition) is 3. The zero-order chi connectivity index (χ0) is 12.4. The lowest BCUT2D eigenvalue weighted by Gasteiger charge is -2.19. The Kier molecular flexibility index (Phi) is 3.89. The summed E-state index contributed by atoms with van der Waals surface area (Å²) < 4.78 is 5.54. The minimum absolute atomic E-state index is 0.109. The van der Waals surface area contributed by atoms with Crippen LogP contribution >= 0.6 is 0 Å². The van der Waals surface area contributed by atoms with E-state index in [1.54, 1.807) is 0 Å². The Balaban J connectivity index is 1.88. The molecule has 0 aromatic carbocycles. The van der Waals surface area contributed by atoms with Gasteiger partial charge in [0.1, 0.15) is 11.5 Å². The maximum atomic E-state index is 9.77. The van der Waals surface area contributed by atoms with Crippen molar-refractivity contribution in [3.05, 3.63) is 23.2 Å². The van der Waals surface area contributed by atoms with E-state index in [9.17, 15) is 5.11 Å². The molecule has 1 aromatic rings. The molecule has 3 heteroatoms. The van der Waals surface area contributed by atoms with E-state index in [4.69, 9.17) is 4.42 Å². The van der Waals surface area contributed by atoms with Gasteiger partial charge in [0.25, 0.3) is 0 Å². The number of aryl methyl sites for hydroxylation is 2. The second kappa shape index (κ2) is 5.23. The highest BCUT2D eigenvalue weighted by atomic mass is 16.3. The Hall–Kier alpha value is -0.800. The van der Waals surface area contributed by atoms with E-state index < -0.39 is 0 Å². The molecule has 0 radical (unpaired) electrons. The highest BCUT2D eigenvalue weighted by Gasteiger charge is 2.25. The zero-order valence-electron chi connectivity index (χ0n) is 11.0. The molecule has 0 bridgehead atoms. The van der Waals surface area contributed by atoms with Gasteiger partial charge in [0.05, 0.1) is 6.10 Å². The van der Waals surface area contributed by atoms with Crippen molar-refractivity contribution in [3.8, 4) is 0 Å². The number of aliphatic hydroxyl groups excluding tert-OH is 1. The SMILES string of the molecule is Cc1cc(C(C)NCC2CCCC2O)c(C)o1. The first kappa shape index (κ1) is 12.7. The Morgan fingerprint density at radius 3 is 2.76 bits per heavy atom. The monoisotopic (exact) mass is 237 g/mol. The molecule has 1 heterocycles. The third-order valence-electron chi connectivity index (χ3n) is 3.85. The van der Waals surface area contributed by atoms with Crippen molar-refractivity contribution < 1.29 is 9.52 Å². The molecule has 0 spiro atoms. The normalized spacial score (nSPS) is 26.4. The van der Waals surface area contributed by atoms with E-state index in [1.807, 2.05) is 13.8 Å². The molecule has 2 N–H and O–H groups in total. The number of rotatable bonds is 4. The van der Waals surface area contributed by atoms with Crippen LogP contribution in [0.3, 0.4) is 0 Å². The second-order valence-electron chi connectivity index (χ2n) is 5.26.